The zero-order valence-corrected chi connectivity index (χ0v) is 12.8. The van der Waals surface area contributed by atoms with Crippen molar-refractivity contribution in [2.24, 2.45) is 5.92 Å². The molecule has 7 heteroatoms. The molecule has 0 radical (unpaired) electrons. The lowest BCUT2D eigenvalue weighted by molar-refractivity contribution is -0.124. The number of halogens is 2. The Labute approximate surface area is 132 Å². The third-order valence-electron chi connectivity index (χ3n) is 2.95. The number of ether oxygens (including phenoxy) is 1. The number of hydrogen-bond donors (Lipinski definition) is 2. The molecule has 2 rings (SSSR count). The summed E-state index contributed by atoms with van der Waals surface area (Å²) in [5.74, 6) is 0.365. The smallest absolute Gasteiger partial charge is 0.258 e. The monoisotopic (exact) mass is 330 g/mol. The molecule has 2 N–H and O–H groups in total. The van der Waals surface area contributed by atoms with Gasteiger partial charge in [0, 0.05) is 24.0 Å². The molecule has 0 spiro atoms. The van der Waals surface area contributed by atoms with Crippen LogP contribution in [0.1, 0.15) is 12.8 Å². The van der Waals surface area contributed by atoms with E-state index in [0.717, 1.165) is 12.8 Å². The minimum absolute atomic E-state index is 0.0634. The van der Waals surface area contributed by atoms with E-state index >= 15 is 0 Å². The van der Waals surface area contributed by atoms with E-state index in [-0.39, 0.29) is 24.3 Å². The standard InChI is InChI=1S/C14H16Cl2N2O3/c15-10-3-4-12(11(16)7-10)21-8-13(19)17-5-6-18-14(20)9-1-2-9/h3-4,7,9H,1-2,5-6,8H2,(H,17,19)(H,18,20). The van der Waals surface area contributed by atoms with E-state index in [1.807, 2.05) is 0 Å². The highest BCUT2D eigenvalue weighted by atomic mass is 35.5. The van der Waals surface area contributed by atoms with E-state index in [9.17, 15) is 9.59 Å². The summed E-state index contributed by atoms with van der Waals surface area (Å²) in [5.41, 5.74) is 0. The van der Waals surface area contributed by atoms with Gasteiger partial charge >= 0.3 is 0 Å². The minimum Gasteiger partial charge on any atom is -0.482 e. The molecule has 0 bridgehead atoms. The fourth-order valence-electron chi connectivity index (χ4n) is 1.66. The summed E-state index contributed by atoms with van der Waals surface area (Å²) >= 11 is 11.7. The molecule has 0 aliphatic heterocycles. The Hall–Kier alpha value is -1.46. The lowest BCUT2D eigenvalue weighted by Crippen LogP contribution is -2.37. The van der Waals surface area contributed by atoms with E-state index in [0.29, 0.717) is 28.9 Å². The molecule has 0 heterocycles. The van der Waals surface area contributed by atoms with Gasteiger partial charge in [0.25, 0.3) is 5.91 Å². The molecule has 5 nitrogen and oxygen atoms in total. The second-order valence-corrected chi connectivity index (χ2v) is 5.62. The molecule has 0 atom stereocenters. The van der Waals surface area contributed by atoms with Gasteiger partial charge in [-0.05, 0) is 31.0 Å². The first-order valence-electron chi connectivity index (χ1n) is 6.68. The Bertz CT molecular complexity index is 533. The predicted molar refractivity (Wildman–Crippen MR) is 80.7 cm³/mol. The Morgan fingerprint density at radius 1 is 1.19 bits per heavy atom. The highest BCUT2D eigenvalue weighted by molar-refractivity contribution is 6.35. The Morgan fingerprint density at radius 3 is 2.57 bits per heavy atom. The van der Waals surface area contributed by atoms with E-state index in [1.165, 1.54) is 0 Å². The Kier molecular flexibility index (Phi) is 5.70. The van der Waals surface area contributed by atoms with Crippen LogP contribution in [0.3, 0.4) is 0 Å². The van der Waals surface area contributed by atoms with Crippen molar-refractivity contribution < 1.29 is 14.3 Å². The maximum absolute atomic E-state index is 11.6. The van der Waals surface area contributed by atoms with Crippen molar-refractivity contribution in [3.63, 3.8) is 0 Å². The molecule has 1 aliphatic carbocycles. The molecule has 0 unspecified atom stereocenters. The van der Waals surface area contributed by atoms with Gasteiger partial charge in [-0.15, -0.1) is 0 Å². The van der Waals surface area contributed by atoms with Crippen molar-refractivity contribution >= 4 is 35.0 Å². The van der Waals surface area contributed by atoms with Crippen molar-refractivity contribution in [3.8, 4) is 5.75 Å². The summed E-state index contributed by atoms with van der Waals surface area (Å²) in [6.07, 6.45) is 1.93. The van der Waals surface area contributed by atoms with Gasteiger partial charge in [-0.25, -0.2) is 0 Å². The van der Waals surface area contributed by atoms with Crippen molar-refractivity contribution in [2.45, 2.75) is 12.8 Å². The molecule has 1 aliphatic rings. The van der Waals surface area contributed by atoms with Gasteiger partial charge in [0.15, 0.2) is 6.61 Å². The van der Waals surface area contributed by atoms with Crippen molar-refractivity contribution in [2.75, 3.05) is 19.7 Å². The highest BCUT2D eigenvalue weighted by Gasteiger charge is 2.28. The minimum atomic E-state index is -0.276. The molecule has 1 fully saturated rings. The summed E-state index contributed by atoms with van der Waals surface area (Å²) in [5, 5.41) is 6.27. The van der Waals surface area contributed by atoms with Crippen LogP contribution < -0.4 is 15.4 Å². The van der Waals surface area contributed by atoms with Gasteiger partial charge < -0.3 is 15.4 Å². The van der Waals surface area contributed by atoms with Crippen LogP contribution in [-0.2, 0) is 9.59 Å². The summed E-state index contributed by atoms with van der Waals surface area (Å²) in [4.78, 5) is 22.9. The average Bonchev–Trinajstić information content (AvgIpc) is 3.27. The van der Waals surface area contributed by atoms with Gasteiger partial charge in [0.05, 0.1) is 5.02 Å². The van der Waals surface area contributed by atoms with Crippen molar-refractivity contribution in [1.82, 2.24) is 10.6 Å². The molecular weight excluding hydrogens is 315 g/mol. The molecule has 114 valence electrons. The first-order valence-corrected chi connectivity index (χ1v) is 7.44. The van der Waals surface area contributed by atoms with Gasteiger partial charge in [-0.2, -0.15) is 0 Å². The number of amides is 2. The fourth-order valence-corrected chi connectivity index (χ4v) is 2.13. The van der Waals surface area contributed by atoms with Crippen LogP contribution in [0.15, 0.2) is 18.2 Å². The van der Waals surface area contributed by atoms with Crippen molar-refractivity contribution in [3.05, 3.63) is 28.2 Å². The number of hydrogen-bond acceptors (Lipinski definition) is 3. The van der Waals surface area contributed by atoms with Gasteiger partial charge in [-0.3, -0.25) is 9.59 Å². The second-order valence-electron chi connectivity index (χ2n) is 4.78. The van der Waals surface area contributed by atoms with E-state index in [1.54, 1.807) is 18.2 Å². The molecule has 1 saturated carbocycles. The van der Waals surface area contributed by atoms with Gasteiger partial charge in [0.1, 0.15) is 5.75 Å². The molecule has 1 aromatic carbocycles. The maximum Gasteiger partial charge on any atom is 0.258 e. The predicted octanol–water partition coefficient (Wildman–Crippen LogP) is 2.01. The van der Waals surface area contributed by atoms with E-state index < -0.39 is 0 Å². The van der Waals surface area contributed by atoms with Gasteiger partial charge in [-0.1, -0.05) is 23.2 Å². The molecule has 0 aromatic heterocycles. The van der Waals surface area contributed by atoms with E-state index in [2.05, 4.69) is 10.6 Å². The van der Waals surface area contributed by atoms with Crippen LogP contribution in [0, 0.1) is 5.92 Å². The van der Waals surface area contributed by atoms with Crippen LogP contribution >= 0.6 is 23.2 Å². The van der Waals surface area contributed by atoms with Crippen molar-refractivity contribution in [1.29, 1.82) is 0 Å². The Morgan fingerprint density at radius 2 is 1.90 bits per heavy atom. The highest BCUT2D eigenvalue weighted by Crippen LogP contribution is 2.28. The second kappa shape index (κ2) is 7.52. The molecule has 1 aromatic rings. The largest absolute Gasteiger partial charge is 0.482 e. The van der Waals surface area contributed by atoms with Crippen LogP contribution in [-0.4, -0.2) is 31.5 Å². The SMILES string of the molecule is O=C(COc1ccc(Cl)cc1Cl)NCCNC(=O)C1CC1. The number of carbonyl (C=O) groups is 2. The third-order valence-corrected chi connectivity index (χ3v) is 3.48. The first kappa shape index (κ1) is 15.9. The maximum atomic E-state index is 11.6. The number of carbonyl (C=O) groups excluding carboxylic acids is 2. The molecule has 2 amide bonds. The van der Waals surface area contributed by atoms with Crippen LogP contribution in [0.4, 0.5) is 0 Å². The zero-order chi connectivity index (χ0) is 15.2. The first-order chi connectivity index (χ1) is 10.1. The average molecular weight is 331 g/mol. The topological polar surface area (TPSA) is 67.4 Å². The normalized spacial score (nSPS) is 13.6. The summed E-state index contributed by atoms with van der Waals surface area (Å²) < 4.78 is 5.29. The molecule has 0 saturated heterocycles. The molecular formula is C14H16Cl2N2O3. The van der Waals surface area contributed by atoms with Gasteiger partial charge in [0.2, 0.25) is 5.91 Å². The number of benzene rings is 1. The third kappa shape index (κ3) is 5.44. The number of nitrogens with one attached hydrogen (secondary N) is 2. The lowest BCUT2D eigenvalue weighted by Gasteiger charge is -2.09. The summed E-state index contributed by atoms with van der Waals surface area (Å²) in [6, 6.07) is 4.78. The summed E-state index contributed by atoms with van der Waals surface area (Å²) in [7, 11) is 0. The molecule has 21 heavy (non-hydrogen) atoms. The Balaban J connectivity index is 1.61. The zero-order valence-electron chi connectivity index (χ0n) is 11.3. The van der Waals surface area contributed by atoms with E-state index in [4.69, 9.17) is 27.9 Å². The van der Waals surface area contributed by atoms with Crippen LogP contribution in [0.2, 0.25) is 10.0 Å². The van der Waals surface area contributed by atoms with Crippen LogP contribution in [0.25, 0.3) is 0 Å². The quantitative estimate of drug-likeness (QED) is 0.751. The lowest BCUT2D eigenvalue weighted by atomic mass is 10.3. The number of rotatable bonds is 7. The fraction of sp³-hybridized carbons (Fsp3) is 0.429. The van der Waals surface area contributed by atoms with Crippen LogP contribution in [0.5, 0.6) is 5.75 Å². The summed E-state index contributed by atoms with van der Waals surface area (Å²) in [6.45, 7) is 0.649.